The second-order valence-electron chi connectivity index (χ2n) is 8.89. The van der Waals surface area contributed by atoms with Gasteiger partial charge in [0, 0.05) is 53.6 Å². The van der Waals surface area contributed by atoms with Crippen molar-refractivity contribution >= 4 is 51.1 Å². The molecule has 0 aromatic heterocycles. The highest BCUT2D eigenvalue weighted by atomic mass is 79.9. The number of carbonyl (C=O) groups is 2. The van der Waals surface area contributed by atoms with Gasteiger partial charge in [-0.15, -0.1) is 11.8 Å². The predicted molar refractivity (Wildman–Crippen MR) is 151 cm³/mol. The molecule has 0 spiro atoms. The molecule has 1 amide bonds. The van der Waals surface area contributed by atoms with Crippen LogP contribution in [0.25, 0.3) is 6.08 Å². The van der Waals surface area contributed by atoms with Crippen molar-refractivity contribution in [2.75, 3.05) is 33.2 Å². The molecule has 7 nitrogen and oxygen atoms in total. The van der Waals surface area contributed by atoms with Crippen LogP contribution in [0.4, 0.5) is 10.1 Å². The summed E-state index contributed by atoms with van der Waals surface area (Å²) in [7, 11) is 2.02. The second-order valence-corrected chi connectivity index (χ2v) is 10.8. The molecular weight excluding hydrogens is 573 g/mol. The molecule has 4 rings (SSSR count). The van der Waals surface area contributed by atoms with Crippen LogP contribution >= 0.6 is 27.7 Å². The molecular formula is C28H25BrFN3O4S. The van der Waals surface area contributed by atoms with Crippen molar-refractivity contribution in [1.82, 2.24) is 9.80 Å². The van der Waals surface area contributed by atoms with E-state index in [0.29, 0.717) is 40.4 Å². The van der Waals surface area contributed by atoms with Crippen LogP contribution in [0.15, 0.2) is 76.1 Å². The quantitative estimate of drug-likeness (QED) is 0.136. The van der Waals surface area contributed by atoms with Crippen LogP contribution in [0.1, 0.15) is 31.8 Å². The van der Waals surface area contributed by atoms with E-state index in [-0.39, 0.29) is 11.7 Å². The van der Waals surface area contributed by atoms with Gasteiger partial charge in [-0.05, 0) is 54.6 Å². The molecule has 0 aliphatic carbocycles. The summed E-state index contributed by atoms with van der Waals surface area (Å²) >= 11 is 4.69. The van der Waals surface area contributed by atoms with E-state index in [4.69, 9.17) is 0 Å². The number of nitro benzene ring substituents is 1. The number of ketones is 1. The van der Waals surface area contributed by atoms with Gasteiger partial charge in [0.1, 0.15) is 0 Å². The van der Waals surface area contributed by atoms with E-state index in [1.807, 2.05) is 31.3 Å². The third-order valence-electron chi connectivity index (χ3n) is 6.18. The van der Waals surface area contributed by atoms with Crippen LogP contribution in [0, 0.1) is 15.9 Å². The molecule has 10 heteroatoms. The molecule has 196 valence electrons. The molecule has 1 fully saturated rings. The summed E-state index contributed by atoms with van der Waals surface area (Å²) in [6, 6.07) is 17.7. The highest BCUT2D eigenvalue weighted by molar-refractivity contribution is 9.10. The lowest BCUT2D eigenvalue weighted by molar-refractivity contribution is -0.387. The maximum atomic E-state index is 13.9. The number of nitro groups is 1. The molecule has 3 aromatic carbocycles. The minimum absolute atomic E-state index is 0.0731. The Morgan fingerprint density at radius 2 is 1.63 bits per heavy atom. The molecule has 0 saturated carbocycles. The Labute approximate surface area is 232 Å². The molecule has 1 heterocycles. The first kappa shape index (κ1) is 27.7. The molecule has 0 unspecified atom stereocenters. The van der Waals surface area contributed by atoms with Crippen LogP contribution in [0.5, 0.6) is 0 Å². The van der Waals surface area contributed by atoms with Crippen molar-refractivity contribution in [2.45, 2.75) is 5.75 Å². The number of likely N-dealkylation sites (N-methyl/N-ethyl adjacent to an activating group) is 1. The van der Waals surface area contributed by atoms with E-state index < -0.39 is 16.4 Å². The number of benzene rings is 3. The largest absolute Gasteiger partial charge is 0.336 e. The van der Waals surface area contributed by atoms with Gasteiger partial charge in [0.25, 0.3) is 5.91 Å². The number of hydrogen-bond donors (Lipinski definition) is 0. The van der Waals surface area contributed by atoms with Crippen molar-refractivity contribution in [3.8, 4) is 0 Å². The van der Waals surface area contributed by atoms with Gasteiger partial charge in [-0.1, -0.05) is 46.3 Å². The highest BCUT2D eigenvalue weighted by Crippen LogP contribution is 2.29. The van der Waals surface area contributed by atoms with Gasteiger partial charge in [-0.3, -0.25) is 19.7 Å². The molecule has 0 bridgehead atoms. The number of nitrogens with zero attached hydrogens (tertiary/aromatic N) is 3. The topological polar surface area (TPSA) is 83.8 Å². The average molecular weight is 598 g/mol. The Bertz CT molecular complexity index is 1370. The summed E-state index contributed by atoms with van der Waals surface area (Å²) in [5.41, 5.74) is 1.55. The normalized spacial score (nSPS) is 14.4. The standard InChI is InChI=1S/C28H25BrFN3O4S/c1-31-12-14-32(15-13-31)28(35)22-7-5-21(6-8-22)27(34)26(38-18-19-2-9-23(29)10-3-19)17-20-4-11-24(30)25(16-20)33(36)37/h2-11,16-17H,12-15,18H2,1H3/b26-17+. The molecule has 0 N–H and O–H groups in total. The fourth-order valence-corrected chi connectivity index (χ4v) is 5.17. The number of amides is 1. The van der Waals surface area contributed by atoms with Crippen LogP contribution in [0.3, 0.4) is 0 Å². The van der Waals surface area contributed by atoms with Crippen molar-refractivity contribution in [3.05, 3.63) is 114 Å². The molecule has 1 aliphatic heterocycles. The van der Waals surface area contributed by atoms with Gasteiger partial charge >= 0.3 is 5.69 Å². The number of rotatable bonds is 8. The van der Waals surface area contributed by atoms with E-state index >= 15 is 0 Å². The number of Topliss-reactive ketones (excluding diaryl/α,β-unsaturated/α-hetero) is 1. The van der Waals surface area contributed by atoms with Crippen molar-refractivity contribution < 1.29 is 18.9 Å². The van der Waals surface area contributed by atoms with Gasteiger partial charge in [-0.25, -0.2) is 0 Å². The minimum atomic E-state index is -0.942. The Balaban J connectivity index is 1.59. The molecule has 38 heavy (non-hydrogen) atoms. The lowest BCUT2D eigenvalue weighted by Crippen LogP contribution is -2.47. The van der Waals surface area contributed by atoms with Gasteiger partial charge in [0.15, 0.2) is 5.78 Å². The zero-order chi connectivity index (χ0) is 27.2. The third-order valence-corrected chi connectivity index (χ3v) is 7.80. The monoisotopic (exact) mass is 597 g/mol. The second kappa shape index (κ2) is 12.5. The van der Waals surface area contributed by atoms with Gasteiger partial charge in [0.2, 0.25) is 5.82 Å². The van der Waals surface area contributed by atoms with Crippen molar-refractivity contribution in [3.63, 3.8) is 0 Å². The Morgan fingerprint density at radius 3 is 2.26 bits per heavy atom. The lowest BCUT2D eigenvalue weighted by atomic mass is 10.1. The summed E-state index contributed by atoms with van der Waals surface area (Å²) < 4.78 is 14.8. The van der Waals surface area contributed by atoms with E-state index in [9.17, 15) is 24.1 Å². The molecule has 0 atom stereocenters. The van der Waals surface area contributed by atoms with Gasteiger partial charge in [-0.2, -0.15) is 4.39 Å². The van der Waals surface area contributed by atoms with Crippen molar-refractivity contribution in [1.29, 1.82) is 0 Å². The summed E-state index contributed by atoms with van der Waals surface area (Å²) in [4.78, 5) is 41.1. The van der Waals surface area contributed by atoms with E-state index in [2.05, 4.69) is 20.8 Å². The van der Waals surface area contributed by atoms with Crippen LogP contribution in [-0.2, 0) is 5.75 Å². The molecule has 0 radical (unpaired) electrons. The Morgan fingerprint density at radius 1 is 1.00 bits per heavy atom. The Kier molecular flexibility index (Phi) is 9.09. The predicted octanol–water partition coefficient (Wildman–Crippen LogP) is 6.04. The number of hydrogen-bond acceptors (Lipinski definition) is 6. The van der Waals surface area contributed by atoms with Crippen LogP contribution in [-0.4, -0.2) is 59.6 Å². The minimum Gasteiger partial charge on any atom is -0.336 e. The molecule has 1 saturated heterocycles. The zero-order valence-corrected chi connectivity index (χ0v) is 23.0. The van der Waals surface area contributed by atoms with E-state index in [1.165, 1.54) is 23.9 Å². The SMILES string of the molecule is CN1CCN(C(=O)c2ccc(C(=O)/C(=C\c3ccc(F)c([N+](=O)[O-])c3)SCc3ccc(Br)cc3)cc2)CC1. The van der Waals surface area contributed by atoms with Gasteiger partial charge < -0.3 is 9.80 Å². The fourth-order valence-electron chi connectivity index (χ4n) is 3.92. The molecule has 3 aromatic rings. The maximum Gasteiger partial charge on any atom is 0.305 e. The Hall–Kier alpha value is -3.34. The number of carbonyl (C=O) groups excluding carboxylic acids is 2. The summed E-state index contributed by atoms with van der Waals surface area (Å²) in [5, 5.41) is 11.2. The first-order valence-corrected chi connectivity index (χ1v) is 13.6. The van der Waals surface area contributed by atoms with E-state index in [0.717, 1.165) is 35.3 Å². The third kappa shape index (κ3) is 6.94. The van der Waals surface area contributed by atoms with Crippen molar-refractivity contribution in [2.24, 2.45) is 0 Å². The molecule has 1 aliphatic rings. The van der Waals surface area contributed by atoms with Crippen LogP contribution < -0.4 is 0 Å². The zero-order valence-electron chi connectivity index (χ0n) is 20.6. The average Bonchev–Trinajstić information content (AvgIpc) is 2.92. The number of thioether (sulfide) groups is 1. The summed E-state index contributed by atoms with van der Waals surface area (Å²) in [5.74, 6) is -0.828. The number of piperazine rings is 1. The highest BCUT2D eigenvalue weighted by Gasteiger charge is 2.21. The summed E-state index contributed by atoms with van der Waals surface area (Å²) in [6.07, 6.45) is 1.53. The van der Waals surface area contributed by atoms with Crippen LogP contribution in [0.2, 0.25) is 0 Å². The smallest absolute Gasteiger partial charge is 0.305 e. The number of halogens is 2. The van der Waals surface area contributed by atoms with Gasteiger partial charge in [0.05, 0.1) is 9.83 Å². The first-order chi connectivity index (χ1) is 18.2. The fraction of sp³-hybridized carbons (Fsp3) is 0.214. The first-order valence-electron chi connectivity index (χ1n) is 11.9. The number of allylic oxidation sites excluding steroid dienone is 1. The van der Waals surface area contributed by atoms with E-state index in [1.54, 1.807) is 29.2 Å². The lowest BCUT2D eigenvalue weighted by Gasteiger charge is -2.32. The summed E-state index contributed by atoms with van der Waals surface area (Å²) in [6.45, 7) is 2.93. The maximum absolute atomic E-state index is 13.9.